The van der Waals surface area contributed by atoms with Crippen molar-refractivity contribution in [2.75, 3.05) is 12.4 Å². The molecule has 4 nitrogen and oxygen atoms in total. The van der Waals surface area contributed by atoms with Gasteiger partial charge in [-0.1, -0.05) is 18.2 Å². The minimum atomic E-state index is -3.34. The van der Waals surface area contributed by atoms with Crippen LogP contribution in [0.25, 0.3) is 0 Å². The van der Waals surface area contributed by atoms with Crippen LogP contribution in [0.15, 0.2) is 18.2 Å². The number of nitrogens with two attached hydrogens (primary N) is 1. The third-order valence-corrected chi connectivity index (χ3v) is 3.34. The normalized spacial score (nSPS) is 11.5. The van der Waals surface area contributed by atoms with Gasteiger partial charge in [0.05, 0.1) is 12.4 Å². The van der Waals surface area contributed by atoms with Crippen LogP contribution in [0.4, 0.5) is 0 Å². The first-order valence-electron chi connectivity index (χ1n) is 5.59. The molecule has 0 aromatic heterocycles. The van der Waals surface area contributed by atoms with Crippen LogP contribution in [0.5, 0.6) is 5.75 Å². The van der Waals surface area contributed by atoms with E-state index in [0.29, 0.717) is 19.4 Å². The van der Waals surface area contributed by atoms with Crippen molar-refractivity contribution in [2.24, 2.45) is 5.14 Å². The molecule has 0 aliphatic carbocycles. The van der Waals surface area contributed by atoms with Gasteiger partial charge >= 0.3 is 0 Å². The molecule has 1 aromatic carbocycles. The molecule has 1 aromatic rings. The molecule has 0 atom stereocenters. The van der Waals surface area contributed by atoms with E-state index in [1.54, 1.807) is 0 Å². The first-order chi connectivity index (χ1) is 7.90. The Kier molecular flexibility index (Phi) is 4.96. The van der Waals surface area contributed by atoms with E-state index >= 15 is 0 Å². The Bertz CT molecular complexity index is 448. The van der Waals surface area contributed by atoms with Crippen LogP contribution in [-0.4, -0.2) is 20.8 Å². The Morgan fingerprint density at radius 1 is 1.18 bits per heavy atom. The van der Waals surface area contributed by atoms with Crippen LogP contribution in [0.3, 0.4) is 0 Å². The molecule has 0 aliphatic rings. The zero-order chi connectivity index (χ0) is 12.9. The summed E-state index contributed by atoms with van der Waals surface area (Å²) in [6, 6.07) is 5.97. The molecule has 17 heavy (non-hydrogen) atoms. The maximum atomic E-state index is 10.7. The van der Waals surface area contributed by atoms with Crippen molar-refractivity contribution in [3.8, 4) is 5.75 Å². The van der Waals surface area contributed by atoms with Crippen LogP contribution < -0.4 is 9.88 Å². The van der Waals surface area contributed by atoms with Gasteiger partial charge in [0, 0.05) is 0 Å². The highest BCUT2D eigenvalue weighted by Crippen LogP contribution is 2.22. The van der Waals surface area contributed by atoms with E-state index in [4.69, 9.17) is 9.88 Å². The van der Waals surface area contributed by atoms with Crippen LogP contribution in [0.1, 0.15) is 24.0 Å². The molecule has 96 valence electrons. The number of aryl methyl sites for hydroxylation is 2. The van der Waals surface area contributed by atoms with Crippen molar-refractivity contribution in [1.82, 2.24) is 0 Å². The van der Waals surface area contributed by atoms with Crippen molar-refractivity contribution >= 4 is 10.0 Å². The smallest absolute Gasteiger partial charge is 0.209 e. The van der Waals surface area contributed by atoms with Gasteiger partial charge in [-0.05, 0) is 37.8 Å². The van der Waals surface area contributed by atoms with Gasteiger partial charge in [-0.25, -0.2) is 13.6 Å². The second kappa shape index (κ2) is 6.02. The fourth-order valence-electron chi connectivity index (χ4n) is 1.61. The van der Waals surface area contributed by atoms with E-state index in [-0.39, 0.29) is 5.75 Å². The fraction of sp³-hybridized carbons (Fsp3) is 0.500. The summed E-state index contributed by atoms with van der Waals surface area (Å²) < 4.78 is 27.1. The van der Waals surface area contributed by atoms with Crippen LogP contribution >= 0.6 is 0 Å². The number of para-hydroxylation sites is 1. The topological polar surface area (TPSA) is 69.4 Å². The second-order valence-electron chi connectivity index (χ2n) is 4.14. The molecule has 0 heterocycles. The number of unbranched alkanes of at least 4 members (excludes halogenated alkanes) is 1. The number of ether oxygens (including phenoxy) is 1. The molecule has 0 saturated heterocycles. The lowest BCUT2D eigenvalue weighted by Gasteiger charge is -2.11. The summed E-state index contributed by atoms with van der Waals surface area (Å²) in [5.74, 6) is 0.909. The Hall–Kier alpha value is -1.07. The number of hydrogen-bond donors (Lipinski definition) is 1. The molecule has 0 fully saturated rings. The number of sulfonamides is 1. The lowest BCUT2D eigenvalue weighted by Crippen LogP contribution is -2.16. The molecular weight excluding hydrogens is 238 g/mol. The minimum absolute atomic E-state index is 0.0170. The van der Waals surface area contributed by atoms with Gasteiger partial charge in [-0.2, -0.15) is 0 Å². The van der Waals surface area contributed by atoms with Crippen LogP contribution in [0.2, 0.25) is 0 Å². The molecule has 0 spiro atoms. The summed E-state index contributed by atoms with van der Waals surface area (Å²) in [5.41, 5.74) is 2.19. The third kappa shape index (κ3) is 5.19. The van der Waals surface area contributed by atoms with Crippen molar-refractivity contribution in [3.05, 3.63) is 29.3 Å². The largest absolute Gasteiger partial charge is 0.493 e. The number of benzene rings is 1. The quantitative estimate of drug-likeness (QED) is 0.789. The van der Waals surface area contributed by atoms with Crippen molar-refractivity contribution < 1.29 is 13.2 Å². The molecule has 0 radical (unpaired) electrons. The van der Waals surface area contributed by atoms with Gasteiger partial charge in [0.25, 0.3) is 0 Å². The zero-order valence-corrected chi connectivity index (χ0v) is 11.1. The molecule has 5 heteroatoms. The van der Waals surface area contributed by atoms with E-state index < -0.39 is 10.0 Å². The number of primary sulfonamides is 1. The molecule has 0 saturated carbocycles. The van der Waals surface area contributed by atoms with Gasteiger partial charge in [-0.3, -0.25) is 0 Å². The number of rotatable bonds is 6. The maximum Gasteiger partial charge on any atom is 0.209 e. The Labute approximate surface area is 103 Å². The molecule has 0 unspecified atom stereocenters. The average Bonchev–Trinajstić information content (AvgIpc) is 2.20. The Morgan fingerprint density at radius 2 is 1.76 bits per heavy atom. The van der Waals surface area contributed by atoms with Gasteiger partial charge in [0.2, 0.25) is 10.0 Å². The van der Waals surface area contributed by atoms with E-state index in [0.717, 1.165) is 16.9 Å². The van der Waals surface area contributed by atoms with Crippen LogP contribution in [0, 0.1) is 13.8 Å². The fourth-order valence-corrected chi connectivity index (χ4v) is 2.21. The highest BCUT2D eigenvalue weighted by molar-refractivity contribution is 7.89. The predicted molar refractivity (Wildman–Crippen MR) is 68.6 cm³/mol. The summed E-state index contributed by atoms with van der Waals surface area (Å²) in [6.45, 7) is 4.50. The predicted octanol–water partition coefficient (Wildman–Crippen LogP) is 1.75. The first-order valence-corrected chi connectivity index (χ1v) is 7.31. The highest BCUT2D eigenvalue weighted by Gasteiger charge is 2.04. The third-order valence-electron chi connectivity index (χ3n) is 2.48. The Morgan fingerprint density at radius 3 is 2.29 bits per heavy atom. The van der Waals surface area contributed by atoms with Crippen molar-refractivity contribution in [1.29, 1.82) is 0 Å². The lowest BCUT2D eigenvalue weighted by molar-refractivity contribution is 0.305. The van der Waals surface area contributed by atoms with Gasteiger partial charge in [0.1, 0.15) is 5.75 Å². The summed E-state index contributed by atoms with van der Waals surface area (Å²) >= 11 is 0. The molecule has 2 N–H and O–H groups in total. The lowest BCUT2D eigenvalue weighted by atomic mass is 10.1. The molecular formula is C12H19NO3S. The summed E-state index contributed by atoms with van der Waals surface area (Å²) in [6.07, 6.45) is 1.22. The van der Waals surface area contributed by atoms with Crippen molar-refractivity contribution in [3.63, 3.8) is 0 Å². The van der Waals surface area contributed by atoms with Gasteiger partial charge in [-0.15, -0.1) is 0 Å². The standard InChI is InChI=1S/C12H19NO3S/c1-10-6-5-7-11(2)12(10)16-8-3-4-9-17(13,14)15/h5-7H,3-4,8-9H2,1-2H3,(H2,13,14,15). The summed E-state index contributed by atoms with van der Waals surface area (Å²) in [7, 11) is -3.34. The summed E-state index contributed by atoms with van der Waals surface area (Å²) in [5, 5.41) is 4.91. The maximum absolute atomic E-state index is 10.7. The molecule has 0 bridgehead atoms. The van der Waals surface area contributed by atoms with Crippen molar-refractivity contribution in [2.45, 2.75) is 26.7 Å². The molecule has 1 rings (SSSR count). The average molecular weight is 257 g/mol. The van der Waals surface area contributed by atoms with E-state index in [2.05, 4.69) is 0 Å². The van der Waals surface area contributed by atoms with Crippen LogP contribution in [-0.2, 0) is 10.0 Å². The first kappa shape index (κ1) is 14.0. The Balaban J connectivity index is 2.37. The van der Waals surface area contributed by atoms with Gasteiger partial charge < -0.3 is 4.74 Å². The molecule has 0 aliphatic heterocycles. The van der Waals surface area contributed by atoms with Gasteiger partial charge in [0.15, 0.2) is 0 Å². The molecule has 0 amide bonds. The summed E-state index contributed by atoms with van der Waals surface area (Å²) in [4.78, 5) is 0. The zero-order valence-electron chi connectivity index (χ0n) is 10.3. The second-order valence-corrected chi connectivity index (χ2v) is 5.88. The number of hydrogen-bond acceptors (Lipinski definition) is 3. The monoisotopic (exact) mass is 257 g/mol. The highest BCUT2D eigenvalue weighted by atomic mass is 32.2. The van der Waals surface area contributed by atoms with E-state index in [1.165, 1.54) is 0 Å². The van der Waals surface area contributed by atoms with E-state index in [9.17, 15) is 8.42 Å². The van der Waals surface area contributed by atoms with E-state index in [1.807, 2.05) is 32.0 Å². The minimum Gasteiger partial charge on any atom is -0.493 e. The SMILES string of the molecule is Cc1cccc(C)c1OCCCCS(N)(=O)=O.